The minimum Gasteiger partial charge on any atom is -0.298 e. The first kappa shape index (κ1) is 21.2. The van der Waals surface area contributed by atoms with Gasteiger partial charge in [0.05, 0.1) is 15.8 Å². The SMILES string of the molecule is Cc1cc(C)c(-c2csc(NC(=O)c3cccc(S(=O)(=O)C(C)C)c3)n2)c(C)c1. The van der Waals surface area contributed by atoms with Crippen LogP contribution in [0.15, 0.2) is 46.7 Å². The van der Waals surface area contributed by atoms with Gasteiger partial charge in [0.15, 0.2) is 15.0 Å². The van der Waals surface area contributed by atoms with Gasteiger partial charge in [-0.25, -0.2) is 13.4 Å². The van der Waals surface area contributed by atoms with Crippen LogP contribution in [0.4, 0.5) is 5.13 Å². The summed E-state index contributed by atoms with van der Waals surface area (Å²) >= 11 is 1.34. The van der Waals surface area contributed by atoms with Crippen LogP contribution in [0.1, 0.15) is 40.9 Å². The predicted molar refractivity (Wildman–Crippen MR) is 118 cm³/mol. The van der Waals surface area contributed by atoms with Crippen LogP contribution in [-0.2, 0) is 9.84 Å². The molecule has 1 N–H and O–H groups in total. The molecular formula is C22H24N2O3S2. The molecule has 0 spiro atoms. The molecule has 5 nitrogen and oxygen atoms in total. The van der Waals surface area contributed by atoms with Gasteiger partial charge in [-0.1, -0.05) is 23.8 Å². The van der Waals surface area contributed by atoms with Gasteiger partial charge < -0.3 is 0 Å². The van der Waals surface area contributed by atoms with Gasteiger partial charge in [-0.15, -0.1) is 11.3 Å². The maximum atomic E-state index is 12.6. The van der Waals surface area contributed by atoms with Crippen LogP contribution in [0.5, 0.6) is 0 Å². The molecule has 0 saturated carbocycles. The highest BCUT2D eigenvalue weighted by atomic mass is 32.2. The average Bonchev–Trinajstić information content (AvgIpc) is 3.08. The summed E-state index contributed by atoms with van der Waals surface area (Å²) in [4.78, 5) is 17.4. The Morgan fingerprint density at radius 2 is 1.72 bits per heavy atom. The minimum absolute atomic E-state index is 0.144. The standard InChI is InChI=1S/C22H24N2O3S2/c1-13(2)29(26,27)18-8-6-7-17(11-18)21(25)24-22-23-19(12-28-22)20-15(4)9-14(3)10-16(20)5/h6-13H,1-5H3,(H,23,24,25). The minimum atomic E-state index is -3.44. The first-order valence-electron chi connectivity index (χ1n) is 9.28. The van der Waals surface area contributed by atoms with Crippen LogP contribution in [-0.4, -0.2) is 24.6 Å². The maximum absolute atomic E-state index is 12.6. The van der Waals surface area contributed by atoms with Crippen LogP contribution >= 0.6 is 11.3 Å². The van der Waals surface area contributed by atoms with Crippen molar-refractivity contribution < 1.29 is 13.2 Å². The van der Waals surface area contributed by atoms with E-state index in [0.717, 1.165) is 22.4 Å². The number of rotatable bonds is 5. The third kappa shape index (κ3) is 4.41. The maximum Gasteiger partial charge on any atom is 0.257 e. The highest BCUT2D eigenvalue weighted by Crippen LogP contribution is 2.31. The number of aromatic nitrogens is 1. The first-order chi connectivity index (χ1) is 13.6. The molecular weight excluding hydrogens is 404 g/mol. The quantitative estimate of drug-likeness (QED) is 0.608. The molecule has 3 aromatic rings. The van der Waals surface area contributed by atoms with E-state index < -0.39 is 15.1 Å². The van der Waals surface area contributed by atoms with Gasteiger partial charge in [0.1, 0.15) is 0 Å². The van der Waals surface area contributed by atoms with Gasteiger partial charge in [0, 0.05) is 16.5 Å². The summed E-state index contributed by atoms with van der Waals surface area (Å²) in [6.07, 6.45) is 0. The molecule has 2 aromatic carbocycles. The zero-order chi connectivity index (χ0) is 21.3. The fraction of sp³-hybridized carbons (Fsp3) is 0.273. The summed E-state index contributed by atoms with van der Waals surface area (Å²) < 4.78 is 24.7. The van der Waals surface area contributed by atoms with Crippen molar-refractivity contribution in [3.63, 3.8) is 0 Å². The number of carbonyl (C=O) groups excluding carboxylic acids is 1. The molecule has 0 aliphatic carbocycles. The molecule has 3 rings (SSSR count). The third-order valence-electron chi connectivity index (χ3n) is 4.70. The van der Waals surface area contributed by atoms with Crippen molar-refractivity contribution >= 4 is 32.2 Å². The van der Waals surface area contributed by atoms with Crippen LogP contribution < -0.4 is 5.32 Å². The van der Waals surface area contributed by atoms with E-state index in [-0.39, 0.29) is 16.4 Å². The molecule has 152 valence electrons. The van der Waals surface area contributed by atoms with E-state index in [1.165, 1.54) is 29.0 Å². The van der Waals surface area contributed by atoms with E-state index in [1.807, 2.05) is 19.2 Å². The molecule has 0 fully saturated rings. The van der Waals surface area contributed by atoms with E-state index in [1.54, 1.807) is 26.0 Å². The van der Waals surface area contributed by atoms with Crippen molar-refractivity contribution in [3.8, 4) is 11.3 Å². The molecule has 29 heavy (non-hydrogen) atoms. The highest BCUT2D eigenvalue weighted by molar-refractivity contribution is 7.92. The molecule has 0 bridgehead atoms. The zero-order valence-corrected chi connectivity index (χ0v) is 18.7. The van der Waals surface area contributed by atoms with Crippen LogP contribution in [0.3, 0.4) is 0 Å². The second-order valence-electron chi connectivity index (χ2n) is 7.39. The second kappa shape index (κ2) is 8.08. The van der Waals surface area contributed by atoms with Crippen molar-refractivity contribution in [1.82, 2.24) is 4.98 Å². The molecule has 0 atom stereocenters. The number of anilines is 1. The number of hydrogen-bond acceptors (Lipinski definition) is 5. The highest BCUT2D eigenvalue weighted by Gasteiger charge is 2.21. The Kier molecular flexibility index (Phi) is 5.91. The Balaban J connectivity index is 1.85. The van der Waals surface area contributed by atoms with E-state index >= 15 is 0 Å². The average molecular weight is 429 g/mol. The topological polar surface area (TPSA) is 76.1 Å². The van der Waals surface area contributed by atoms with Crippen LogP contribution in [0.2, 0.25) is 0 Å². The number of aryl methyl sites for hydroxylation is 3. The summed E-state index contributed by atoms with van der Waals surface area (Å²) in [6, 6.07) is 10.3. The Bertz CT molecular complexity index is 1160. The normalized spacial score (nSPS) is 11.7. The van der Waals surface area contributed by atoms with Gasteiger partial charge in [-0.05, 0) is 63.9 Å². The van der Waals surface area contributed by atoms with Crippen molar-refractivity contribution in [1.29, 1.82) is 0 Å². The number of amides is 1. The molecule has 7 heteroatoms. The first-order valence-corrected chi connectivity index (χ1v) is 11.7. The van der Waals surface area contributed by atoms with Gasteiger partial charge in [-0.2, -0.15) is 0 Å². The summed E-state index contributed by atoms with van der Waals surface area (Å²) in [5, 5.41) is 4.62. The Hall–Kier alpha value is -2.51. The number of sulfone groups is 1. The molecule has 0 aliphatic heterocycles. The van der Waals surface area contributed by atoms with Crippen LogP contribution in [0, 0.1) is 20.8 Å². The molecule has 1 heterocycles. The molecule has 0 radical (unpaired) electrons. The number of benzene rings is 2. The van der Waals surface area contributed by atoms with Gasteiger partial charge in [0.25, 0.3) is 5.91 Å². The van der Waals surface area contributed by atoms with Crippen molar-refractivity contribution in [2.45, 2.75) is 44.8 Å². The molecule has 0 aliphatic rings. The van der Waals surface area contributed by atoms with E-state index in [4.69, 9.17) is 0 Å². The van der Waals surface area contributed by atoms with Crippen molar-refractivity contribution in [2.75, 3.05) is 5.32 Å². The number of nitrogens with zero attached hydrogens (tertiary/aromatic N) is 1. The van der Waals surface area contributed by atoms with Gasteiger partial charge >= 0.3 is 0 Å². The largest absolute Gasteiger partial charge is 0.298 e. The lowest BCUT2D eigenvalue weighted by atomic mass is 9.98. The Morgan fingerprint density at radius 1 is 1.07 bits per heavy atom. The summed E-state index contributed by atoms with van der Waals surface area (Å²) in [5.41, 5.74) is 5.64. The summed E-state index contributed by atoms with van der Waals surface area (Å²) in [7, 11) is -3.44. The smallest absolute Gasteiger partial charge is 0.257 e. The van der Waals surface area contributed by atoms with Crippen LogP contribution in [0.25, 0.3) is 11.3 Å². The monoisotopic (exact) mass is 428 g/mol. The van der Waals surface area contributed by atoms with Crippen molar-refractivity contribution in [2.24, 2.45) is 0 Å². The number of thiazole rings is 1. The molecule has 1 amide bonds. The molecule has 0 unspecified atom stereocenters. The number of nitrogens with one attached hydrogen (secondary N) is 1. The Morgan fingerprint density at radius 3 is 2.34 bits per heavy atom. The zero-order valence-electron chi connectivity index (χ0n) is 17.1. The molecule has 0 saturated heterocycles. The number of carbonyl (C=O) groups is 1. The lowest BCUT2D eigenvalue weighted by molar-refractivity contribution is 0.102. The number of hydrogen-bond donors (Lipinski definition) is 1. The predicted octanol–water partition coefficient (Wildman–Crippen LogP) is 5.17. The van der Waals surface area contributed by atoms with E-state index in [9.17, 15) is 13.2 Å². The lowest BCUT2D eigenvalue weighted by Crippen LogP contribution is -2.16. The summed E-state index contributed by atoms with van der Waals surface area (Å²) in [5.74, 6) is -0.385. The summed E-state index contributed by atoms with van der Waals surface area (Å²) in [6.45, 7) is 9.40. The van der Waals surface area contributed by atoms with Gasteiger partial charge in [0.2, 0.25) is 0 Å². The van der Waals surface area contributed by atoms with Gasteiger partial charge in [-0.3, -0.25) is 10.1 Å². The Labute approximate surface area is 175 Å². The fourth-order valence-corrected chi connectivity index (χ4v) is 5.09. The third-order valence-corrected chi connectivity index (χ3v) is 7.61. The lowest BCUT2D eigenvalue weighted by Gasteiger charge is -2.09. The van der Waals surface area contributed by atoms with E-state index in [2.05, 4.69) is 29.4 Å². The fourth-order valence-electron chi connectivity index (χ4n) is 3.29. The molecule has 1 aromatic heterocycles. The second-order valence-corrected chi connectivity index (χ2v) is 10.7. The van der Waals surface area contributed by atoms with E-state index in [0.29, 0.717) is 5.13 Å². The van der Waals surface area contributed by atoms with Crippen molar-refractivity contribution in [3.05, 3.63) is 64.0 Å².